The van der Waals surface area contributed by atoms with Crippen molar-refractivity contribution in [1.29, 1.82) is 0 Å². The molecule has 0 saturated carbocycles. The maximum absolute atomic E-state index is 11.7. The monoisotopic (exact) mass is 276 g/mol. The fourth-order valence-corrected chi connectivity index (χ4v) is 2.26. The molecule has 1 aromatic heterocycles. The van der Waals surface area contributed by atoms with Crippen LogP contribution in [0.25, 0.3) is 0 Å². The predicted octanol–water partition coefficient (Wildman–Crippen LogP) is 2.20. The van der Waals surface area contributed by atoms with E-state index < -0.39 is 6.04 Å². The Morgan fingerprint density at radius 2 is 2.12 bits per heavy atom. The number of nitrogens with one attached hydrogen (secondary N) is 1. The zero-order chi connectivity index (χ0) is 12.1. The van der Waals surface area contributed by atoms with E-state index in [9.17, 15) is 4.79 Å². The summed E-state index contributed by atoms with van der Waals surface area (Å²) in [6.07, 6.45) is 0.869. The average Bonchev–Trinajstić information content (AvgIpc) is 2.68. The van der Waals surface area contributed by atoms with Gasteiger partial charge in [0.05, 0.1) is 6.04 Å². The van der Waals surface area contributed by atoms with E-state index in [1.54, 1.807) is 11.3 Å². The number of halogens is 1. The lowest BCUT2D eigenvalue weighted by Crippen LogP contribution is -2.47. The van der Waals surface area contributed by atoms with Crippen molar-refractivity contribution in [2.45, 2.75) is 39.3 Å². The molecular formula is C12H21ClN2OS. The molecule has 98 valence electrons. The van der Waals surface area contributed by atoms with E-state index in [4.69, 9.17) is 5.73 Å². The maximum Gasteiger partial charge on any atom is 0.237 e. The Morgan fingerprint density at radius 3 is 2.59 bits per heavy atom. The molecule has 0 aliphatic heterocycles. The van der Waals surface area contributed by atoms with Gasteiger partial charge in [-0.1, -0.05) is 19.9 Å². The van der Waals surface area contributed by atoms with E-state index in [0.29, 0.717) is 0 Å². The first-order valence-corrected chi connectivity index (χ1v) is 6.47. The molecule has 1 aromatic rings. The van der Waals surface area contributed by atoms with Crippen LogP contribution in [0.2, 0.25) is 0 Å². The summed E-state index contributed by atoms with van der Waals surface area (Å²) < 4.78 is 0. The molecule has 17 heavy (non-hydrogen) atoms. The van der Waals surface area contributed by atoms with Crippen LogP contribution in [0.15, 0.2) is 17.5 Å². The third kappa shape index (κ3) is 5.52. The van der Waals surface area contributed by atoms with Crippen LogP contribution in [0, 0.1) is 5.92 Å². The Labute approximate surface area is 113 Å². The maximum atomic E-state index is 11.7. The second-order valence-electron chi connectivity index (χ2n) is 4.46. The van der Waals surface area contributed by atoms with Crippen LogP contribution < -0.4 is 11.1 Å². The Kier molecular flexibility index (Phi) is 7.43. The van der Waals surface area contributed by atoms with Gasteiger partial charge < -0.3 is 11.1 Å². The van der Waals surface area contributed by atoms with Gasteiger partial charge in [0, 0.05) is 17.3 Å². The lowest BCUT2D eigenvalue weighted by Gasteiger charge is -2.19. The molecule has 0 fully saturated rings. The second-order valence-corrected chi connectivity index (χ2v) is 5.50. The number of hydrogen-bond acceptors (Lipinski definition) is 3. The smallest absolute Gasteiger partial charge is 0.237 e. The molecule has 0 aliphatic rings. The summed E-state index contributed by atoms with van der Waals surface area (Å²) in [6.45, 7) is 5.91. The van der Waals surface area contributed by atoms with Crippen molar-refractivity contribution in [3.8, 4) is 0 Å². The molecule has 0 aromatic carbocycles. The number of carbonyl (C=O) groups is 1. The summed E-state index contributed by atoms with van der Waals surface area (Å²) in [4.78, 5) is 13.0. The highest BCUT2D eigenvalue weighted by Gasteiger charge is 2.18. The standard InChI is InChI=1S/C12H20N2OS.ClH/c1-8(2)11(13)12(15)14-9(3)7-10-5-4-6-16-10;/h4-6,8-9,11H,7,13H2,1-3H3,(H,14,15);1H/t9?,11-;/m1./s1. The van der Waals surface area contributed by atoms with Gasteiger partial charge in [0.25, 0.3) is 0 Å². The van der Waals surface area contributed by atoms with Gasteiger partial charge in [0.15, 0.2) is 0 Å². The van der Waals surface area contributed by atoms with Gasteiger partial charge in [0.1, 0.15) is 0 Å². The number of thiophene rings is 1. The molecule has 0 radical (unpaired) electrons. The first kappa shape index (κ1) is 16.4. The minimum absolute atomic E-state index is 0. The quantitative estimate of drug-likeness (QED) is 0.866. The molecule has 3 nitrogen and oxygen atoms in total. The third-order valence-electron chi connectivity index (χ3n) is 2.50. The van der Waals surface area contributed by atoms with Crippen molar-refractivity contribution in [1.82, 2.24) is 5.32 Å². The van der Waals surface area contributed by atoms with Crippen LogP contribution in [-0.2, 0) is 11.2 Å². The van der Waals surface area contributed by atoms with Crippen molar-refractivity contribution in [3.05, 3.63) is 22.4 Å². The normalized spacial score (nSPS) is 13.9. The number of hydrogen-bond donors (Lipinski definition) is 2. The molecule has 0 saturated heterocycles. The van der Waals surface area contributed by atoms with E-state index in [-0.39, 0.29) is 30.3 Å². The number of nitrogens with two attached hydrogens (primary N) is 1. The minimum atomic E-state index is -0.411. The number of amides is 1. The van der Waals surface area contributed by atoms with Gasteiger partial charge in [-0.05, 0) is 24.3 Å². The zero-order valence-corrected chi connectivity index (χ0v) is 12.1. The summed E-state index contributed by atoms with van der Waals surface area (Å²) in [5, 5.41) is 4.99. The first-order chi connectivity index (χ1) is 7.50. The third-order valence-corrected chi connectivity index (χ3v) is 3.40. The van der Waals surface area contributed by atoms with Crippen molar-refractivity contribution in [2.75, 3.05) is 0 Å². The van der Waals surface area contributed by atoms with Crippen LogP contribution in [0.1, 0.15) is 25.6 Å². The summed E-state index contributed by atoms with van der Waals surface area (Å²) in [6, 6.07) is 3.83. The summed E-state index contributed by atoms with van der Waals surface area (Å²) in [5.41, 5.74) is 5.77. The molecule has 3 N–H and O–H groups in total. The zero-order valence-electron chi connectivity index (χ0n) is 10.5. The highest BCUT2D eigenvalue weighted by atomic mass is 35.5. The Balaban J connectivity index is 0.00000256. The van der Waals surface area contributed by atoms with Crippen LogP contribution in [0.5, 0.6) is 0 Å². The van der Waals surface area contributed by atoms with Crippen molar-refractivity contribution in [2.24, 2.45) is 11.7 Å². The van der Waals surface area contributed by atoms with Gasteiger partial charge in [-0.15, -0.1) is 23.7 Å². The van der Waals surface area contributed by atoms with Crippen LogP contribution in [-0.4, -0.2) is 18.0 Å². The Morgan fingerprint density at radius 1 is 1.47 bits per heavy atom. The summed E-state index contributed by atoms with van der Waals surface area (Å²) >= 11 is 1.71. The van der Waals surface area contributed by atoms with Gasteiger partial charge in [0.2, 0.25) is 5.91 Å². The molecule has 1 rings (SSSR count). The topological polar surface area (TPSA) is 55.1 Å². The first-order valence-electron chi connectivity index (χ1n) is 5.59. The van der Waals surface area contributed by atoms with Gasteiger partial charge in [-0.2, -0.15) is 0 Å². The summed E-state index contributed by atoms with van der Waals surface area (Å²) in [7, 11) is 0. The summed E-state index contributed by atoms with van der Waals surface area (Å²) in [5.74, 6) is 0.119. The Hall–Kier alpha value is -0.580. The number of rotatable bonds is 5. The average molecular weight is 277 g/mol. The van der Waals surface area contributed by atoms with Crippen LogP contribution >= 0.6 is 23.7 Å². The van der Waals surface area contributed by atoms with Gasteiger partial charge in [-0.25, -0.2) is 0 Å². The molecule has 0 spiro atoms. The van der Waals surface area contributed by atoms with E-state index in [1.807, 2.05) is 32.2 Å². The predicted molar refractivity (Wildman–Crippen MR) is 75.7 cm³/mol. The highest BCUT2D eigenvalue weighted by molar-refractivity contribution is 7.09. The van der Waals surface area contributed by atoms with Gasteiger partial charge >= 0.3 is 0 Å². The molecule has 0 bridgehead atoms. The second kappa shape index (κ2) is 7.69. The van der Waals surface area contributed by atoms with E-state index >= 15 is 0 Å². The van der Waals surface area contributed by atoms with Crippen molar-refractivity contribution < 1.29 is 4.79 Å². The molecule has 5 heteroatoms. The van der Waals surface area contributed by atoms with E-state index in [0.717, 1.165) is 6.42 Å². The fourth-order valence-electron chi connectivity index (χ4n) is 1.42. The highest BCUT2D eigenvalue weighted by Crippen LogP contribution is 2.11. The minimum Gasteiger partial charge on any atom is -0.352 e. The molecule has 2 atom stereocenters. The lowest BCUT2D eigenvalue weighted by molar-refractivity contribution is -0.123. The molecule has 1 heterocycles. The fraction of sp³-hybridized carbons (Fsp3) is 0.583. The lowest BCUT2D eigenvalue weighted by atomic mass is 10.0. The largest absolute Gasteiger partial charge is 0.352 e. The number of carbonyl (C=O) groups excluding carboxylic acids is 1. The molecule has 1 amide bonds. The van der Waals surface area contributed by atoms with Gasteiger partial charge in [-0.3, -0.25) is 4.79 Å². The molecular weight excluding hydrogens is 256 g/mol. The van der Waals surface area contributed by atoms with E-state index in [2.05, 4.69) is 11.4 Å². The Bertz CT molecular complexity index is 327. The van der Waals surface area contributed by atoms with Crippen molar-refractivity contribution in [3.63, 3.8) is 0 Å². The van der Waals surface area contributed by atoms with Crippen molar-refractivity contribution >= 4 is 29.7 Å². The SMILES string of the molecule is CC(Cc1cccs1)NC(=O)[C@H](N)C(C)C.Cl. The van der Waals surface area contributed by atoms with Crippen LogP contribution in [0.4, 0.5) is 0 Å². The van der Waals surface area contributed by atoms with E-state index in [1.165, 1.54) is 4.88 Å². The molecule has 0 aliphatic carbocycles. The molecule has 1 unspecified atom stereocenters. The van der Waals surface area contributed by atoms with Crippen LogP contribution in [0.3, 0.4) is 0 Å².